The normalized spacial score (nSPS) is 14.4. The first-order chi connectivity index (χ1) is 17.9. The third-order valence-corrected chi connectivity index (χ3v) is 7.21. The van der Waals surface area contributed by atoms with Crippen molar-refractivity contribution in [2.75, 3.05) is 6.61 Å². The van der Waals surface area contributed by atoms with Crippen molar-refractivity contribution >= 4 is 52.2 Å². The van der Waals surface area contributed by atoms with Gasteiger partial charge in [-0.25, -0.2) is 0 Å². The molecule has 3 aromatic carbocycles. The van der Waals surface area contributed by atoms with E-state index in [1.807, 2.05) is 49.4 Å². The lowest BCUT2D eigenvalue weighted by Crippen LogP contribution is -2.27. The Kier molecular flexibility index (Phi) is 8.98. The zero-order chi connectivity index (χ0) is 26.4. The monoisotopic (exact) mass is 553 g/mol. The Hall–Kier alpha value is -3.19. The molecule has 4 rings (SSSR count). The third-order valence-electron chi connectivity index (χ3n) is 5.59. The number of rotatable bonds is 10. The van der Waals surface area contributed by atoms with Crippen molar-refractivity contribution in [2.24, 2.45) is 0 Å². The molecule has 0 unspecified atom stereocenters. The molecule has 37 heavy (non-hydrogen) atoms. The fourth-order valence-electron chi connectivity index (χ4n) is 3.86. The summed E-state index contributed by atoms with van der Waals surface area (Å²) < 4.78 is 12.1. The first kappa shape index (κ1) is 26.9. The Morgan fingerprint density at radius 2 is 1.73 bits per heavy atom. The van der Waals surface area contributed by atoms with Crippen LogP contribution < -0.4 is 9.47 Å². The molecule has 0 atom stereocenters. The van der Waals surface area contributed by atoms with Crippen LogP contribution in [0.4, 0.5) is 4.79 Å². The van der Waals surface area contributed by atoms with Crippen LogP contribution >= 0.6 is 35.0 Å². The zero-order valence-corrected chi connectivity index (χ0v) is 22.5. The first-order valence-corrected chi connectivity index (χ1v) is 13.2. The highest BCUT2D eigenvalue weighted by Gasteiger charge is 2.35. The van der Waals surface area contributed by atoms with E-state index in [9.17, 15) is 9.59 Å². The summed E-state index contributed by atoms with van der Waals surface area (Å²) in [5.41, 5.74) is 3.14. The summed E-state index contributed by atoms with van der Waals surface area (Å²) in [4.78, 5) is 27.3. The quantitative estimate of drug-likeness (QED) is 0.188. The molecule has 0 spiro atoms. The van der Waals surface area contributed by atoms with E-state index in [2.05, 4.69) is 6.58 Å². The Bertz CT molecular complexity index is 1340. The number of carbonyl (C=O) groups excluding carboxylic acids is 2. The van der Waals surface area contributed by atoms with Gasteiger partial charge in [0.2, 0.25) is 0 Å². The summed E-state index contributed by atoms with van der Waals surface area (Å²) >= 11 is 13.4. The maximum atomic E-state index is 13.2. The number of imide groups is 1. The van der Waals surface area contributed by atoms with Gasteiger partial charge in [-0.05, 0) is 66.6 Å². The number of thioether (sulfide) groups is 1. The predicted octanol–water partition coefficient (Wildman–Crippen LogP) is 7.94. The molecule has 0 aromatic heterocycles. The van der Waals surface area contributed by atoms with Crippen LogP contribution in [-0.4, -0.2) is 22.7 Å². The number of allylic oxidation sites excluding steroid dienone is 1. The van der Waals surface area contributed by atoms with Gasteiger partial charge in [0.15, 0.2) is 11.5 Å². The average molecular weight is 554 g/mol. The topological polar surface area (TPSA) is 55.8 Å². The summed E-state index contributed by atoms with van der Waals surface area (Å²) in [6.07, 6.45) is 4.01. The number of carbonyl (C=O) groups is 2. The van der Waals surface area contributed by atoms with Crippen LogP contribution in [0.25, 0.3) is 6.08 Å². The molecule has 190 valence electrons. The van der Waals surface area contributed by atoms with Crippen molar-refractivity contribution in [3.8, 4) is 11.5 Å². The van der Waals surface area contributed by atoms with Crippen LogP contribution in [-0.2, 0) is 24.4 Å². The molecule has 1 heterocycles. The van der Waals surface area contributed by atoms with E-state index in [0.29, 0.717) is 57.2 Å². The molecular weight excluding hydrogens is 529 g/mol. The summed E-state index contributed by atoms with van der Waals surface area (Å²) in [5.74, 6) is 0.786. The molecule has 2 amide bonds. The first-order valence-electron chi connectivity index (χ1n) is 11.7. The molecular formula is C29H25Cl2NO4S. The maximum Gasteiger partial charge on any atom is 0.293 e. The zero-order valence-electron chi connectivity index (χ0n) is 20.2. The summed E-state index contributed by atoms with van der Waals surface area (Å²) in [5, 5.41) is 0.417. The van der Waals surface area contributed by atoms with Crippen LogP contribution in [0.5, 0.6) is 11.5 Å². The number of nitrogens with zero attached hydrogens (tertiary/aromatic N) is 1. The number of amides is 2. The van der Waals surface area contributed by atoms with Gasteiger partial charge in [-0.2, -0.15) is 0 Å². The van der Waals surface area contributed by atoms with Crippen LogP contribution in [0.2, 0.25) is 10.0 Å². The van der Waals surface area contributed by atoms with Crippen LogP contribution in [0, 0.1) is 0 Å². The molecule has 0 N–H and O–H groups in total. The van der Waals surface area contributed by atoms with Gasteiger partial charge in [0, 0.05) is 21.2 Å². The summed E-state index contributed by atoms with van der Waals surface area (Å²) in [7, 11) is 0. The Morgan fingerprint density at radius 3 is 2.41 bits per heavy atom. The van der Waals surface area contributed by atoms with Crippen molar-refractivity contribution in [1.29, 1.82) is 0 Å². The largest absolute Gasteiger partial charge is 0.490 e. The minimum atomic E-state index is -0.404. The minimum Gasteiger partial charge on any atom is -0.490 e. The van der Waals surface area contributed by atoms with E-state index in [-0.39, 0.29) is 11.8 Å². The van der Waals surface area contributed by atoms with Crippen molar-refractivity contribution in [3.63, 3.8) is 0 Å². The lowest BCUT2D eigenvalue weighted by atomic mass is 10.0. The Labute approximate surface area is 230 Å². The molecule has 5 nitrogen and oxygen atoms in total. The van der Waals surface area contributed by atoms with Gasteiger partial charge >= 0.3 is 0 Å². The highest BCUT2D eigenvalue weighted by atomic mass is 35.5. The van der Waals surface area contributed by atoms with E-state index in [4.69, 9.17) is 32.7 Å². The molecule has 1 aliphatic heterocycles. The van der Waals surface area contributed by atoms with Crippen molar-refractivity contribution < 1.29 is 19.1 Å². The molecule has 1 aliphatic rings. The molecule has 1 saturated heterocycles. The summed E-state index contributed by atoms with van der Waals surface area (Å²) in [6.45, 7) is 6.58. The highest BCUT2D eigenvalue weighted by Crippen LogP contribution is 2.39. The second kappa shape index (κ2) is 12.4. The lowest BCUT2D eigenvalue weighted by molar-refractivity contribution is -0.123. The van der Waals surface area contributed by atoms with Gasteiger partial charge in [0.25, 0.3) is 11.1 Å². The van der Waals surface area contributed by atoms with E-state index >= 15 is 0 Å². The third kappa shape index (κ3) is 6.39. The van der Waals surface area contributed by atoms with E-state index in [1.165, 1.54) is 0 Å². The minimum absolute atomic E-state index is 0.00130. The molecule has 0 bridgehead atoms. The molecule has 8 heteroatoms. The lowest BCUT2D eigenvalue weighted by Gasteiger charge is -2.17. The van der Waals surface area contributed by atoms with Gasteiger partial charge < -0.3 is 9.47 Å². The maximum absolute atomic E-state index is 13.2. The van der Waals surface area contributed by atoms with Crippen molar-refractivity contribution in [1.82, 2.24) is 4.90 Å². The van der Waals surface area contributed by atoms with E-state index in [0.717, 1.165) is 27.8 Å². The van der Waals surface area contributed by atoms with Crippen LogP contribution in [0.3, 0.4) is 0 Å². The second-order valence-corrected chi connectivity index (χ2v) is 9.98. The molecule has 3 aromatic rings. The average Bonchev–Trinajstić information content (AvgIpc) is 3.14. The second-order valence-electron chi connectivity index (χ2n) is 8.18. The molecule has 0 aliphatic carbocycles. The van der Waals surface area contributed by atoms with Crippen molar-refractivity contribution in [2.45, 2.75) is 26.5 Å². The fraction of sp³-hybridized carbons (Fsp3) is 0.172. The summed E-state index contributed by atoms with van der Waals surface area (Å²) in [6, 6.07) is 18.7. The number of hydrogen-bond acceptors (Lipinski definition) is 5. The molecule has 0 radical (unpaired) electrons. The van der Waals surface area contributed by atoms with Crippen LogP contribution in [0.1, 0.15) is 29.2 Å². The highest BCUT2D eigenvalue weighted by molar-refractivity contribution is 8.18. The van der Waals surface area contributed by atoms with Gasteiger partial charge in [-0.15, -0.1) is 6.58 Å². The van der Waals surface area contributed by atoms with Gasteiger partial charge in [0.1, 0.15) is 6.61 Å². The van der Waals surface area contributed by atoms with Gasteiger partial charge in [0.05, 0.1) is 18.1 Å². The van der Waals surface area contributed by atoms with Gasteiger partial charge in [-0.1, -0.05) is 65.7 Å². The number of halogens is 2. The smallest absolute Gasteiger partial charge is 0.293 e. The van der Waals surface area contributed by atoms with E-state index < -0.39 is 5.91 Å². The standard InChI is InChI=1S/C29H25Cl2NO4S/c1-3-9-21-14-20(15-25(35-4-2)27(21)36-18-19-10-6-5-7-11-19)16-26-28(33)32(29(34)37-26)17-22-23(30)12-8-13-24(22)31/h3,5-8,10-16H,1,4,9,17-18H2,2H3. The van der Waals surface area contributed by atoms with E-state index in [1.54, 1.807) is 30.4 Å². The SMILES string of the molecule is C=CCc1cc(C=C2SC(=O)N(Cc3c(Cl)cccc3Cl)C2=O)cc(OCC)c1OCc1ccccc1. The van der Waals surface area contributed by atoms with Crippen molar-refractivity contribution in [3.05, 3.63) is 111 Å². The molecule has 1 fully saturated rings. The number of hydrogen-bond donors (Lipinski definition) is 0. The Balaban J connectivity index is 1.63. The van der Waals surface area contributed by atoms with Gasteiger partial charge in [-0.3, -0.25) is 14.5 Å². The number of benzene rings is 3. The Morgan fingerprint density at radius 1 is 1.00 bits per heavy atom. The number of ether oxygens (including phenoxy) is 2. The predicted molar refractivity (Wildman–Crippen MR) is 150 cm³/mol. The molecule has 0 saturated carbocycles. The fourth-order valence-corrected chi connectivity index (χ4v) is 5.21. The van der Waals surface area contributed by atoms with Crippen LogP contribution in [0.15, 0.2) is 78.2 Å².